The van der Waals surface area contributed by atoms with E-state index in [1.54, 1.807) is 0 Å². The third-order valence-electron chi connectivity index (χ3n) is 3.72. The van der Waals surface area contributed by atoms with Crippen LogP contribution in [0.4, 0.5) is 0 Å². The van der Waals surface area contributed by atoms with E-state index in [1.807, 2.05) is 0 Å². The average molecular weight is 248 g/mol. The normalized spacial score (nSPS) is 17.9. The van der Waals surface area contributed by atoms with Crippen LogP contribution in [0.1, 0.15) is 25.0 Å². The molecule has 3 nitrogen and oxygen atoms in total. The van der Waals surface area contributed by atoms with Crippen LogP contribution in [0.25, 0.3) is 0 Å². The molecule has 3 heteroatoms. The number of nitrogens with one attached hydrogen (secondary N) is 1. The van der Waals surface area contributed by atoms with Crippen molar-refractivity contribution < 1.29 is 5.11 Å². The molecule has 0 atom stereocenters. The summed E-state index contributed by atoms with van der Waals surface area (Å²) in [6.07, 6.45) is 0. The Balaban J connectivity index is 2.07. The lowest BCUT2D eigenvalue weighted by atomic mass is 9.85. The first kappa shape index (κ1) is 13.5. The molecule has 0 aromatic heterocycles. The van der Waals surface area contributed by atoms with Crippen LogP contribution in [-0.2, 0) is 12.0 Å². The van der Waals surface area contributed by atoms with Crippen molar-refractivity contribution in [2.24, 2.45) is 0 Å². The molecular weight excluding hydrogens is 224 g/mol. The van der Waals surface area contributed by atoms with Gasteiger partial charge in [-0.1, -0.05) is 38.1 Å². The van der Waals surface area contributed by atoms with Crippen molar-refractivity contribution in [2.45, 2.75) is 25.8 Å². The van der Waals surface area contributed by atoms with E-state index in [9.17, 15) is 5.11 Å². The minimum atomic E-state index is -0.153. The Morgan fingerprint density at radius 2 is 2.00 bits per heavy atom. The van der Waals surface area contributed by atoms with E-state index in [4.69, 9.17) is 0 Å². The zero-order valence-electron chi connectivity index (χ0n) is 11.4. The summed E-state index contributed by atoms with van der Waals surface area (Å²) in [6, 6.07) is 8.62. The van der Waals surface area contributed by atoms with Crippen molar-refractivity contribution in [3.63, 3.8) is 0 Å². The Morgan fingerprint density at radius 3 is 2.67 bits per heavy atom. The highest BCUT2D eigenvalue weighted by Crippen LogP contribution is 2.23. The maximum Gasteiger partial charge on any atom is 0.0522 e. The van der Waals surface area contributed by atoms with Gasteiger partial charge in [-0.25, -0.2) is 0 Å². The molecule has 0 saturated carbocycles. The van der Waals surface area contributed by atoms with E-state index in [0.29, 0.717) is 0 Å². The van der Waals surface area contributed by atoms with E-state index in [1.165, 1.54) is 11.1 Å². The molecule has 1 saturated heterocycles. The molecule has 1 fully saturated rings. The molecule has 1 aliphatic heterocycles. The SMILES string of the molecule is CC(C)(CO)c1cccc(CN2CCNCC2)c1. The van der Waals surface area contributed by atoms with E-state index >= 15 is 0 Å². The smallest absolute Gasteiger partial charge is 0.0522 e. The Morgan fingerprint density at radius 1 is 1.28 bits per heavy atom. The second-order valence-corrected chi connectivity index (χ2v) is 5.77. The van der Waals surface area contributed by atoms with Gasteiger partial charge in [0.05, 0.1) is 6.61 Å². The molecule has 0 amide bonds. The fourth-order valence-corrected chi connectivity index (χ4v) is 2.31. The molecule has 2 N–H and O–H groups in total. The van der Waals surface area contributed by atoms with Gasteiger partial charge in [-0.2, -0.15) is 0 Å². The number of aliphatic hydroxyl groups is 1. The quantitative estimate of drug-likeness (QED) is 0.844. The Labute approximate surface area is 110 Å². The van der Waals surface area contributed by atoms with Crippen LogP contribution >= 0.6 is 0 Å². The second kappa shape index (κ2) is 5.83. The first-order chi connectivity index (χ1) is 8.62. The van der Waals surface area contributed by atoms with E-state index in [0.717, 1.165) is 32.7 Å². The minimum Gasteiger partial charge on any atom is -0.395 e. The summed E-state index contributed by atoms with van der Waals surface area (Å²) in [5.41, 5.74) is 2.41. The van der Waals surface area contributed by atoms with Gasteiger partial charge in [-0.15, -0.1) is 0 Å². The minimum absolute atomic E-state index is 0.153. The Bertz CT molecular complexity index is 384. The van der Waals surface area contributed by atoms with Crippen molar-refractivity contribution in [1.29, 1.82) is 0 Å². The molecule has 0 unspecified atom stereocenters. The van der Waals surface area contributed by atoms with Gasteiger partial charge in [0, 0.05) is 38.1 Å². The molecule has 0 aliphatic carbocycles. The summed E-state index contributed by atoms with van der Waals surface area (Å²) in [5, 5.41) is 12.8. The highest BCUT2D eigenvalue weighted by atomic mass is 16.3. The van der Waals surface area contributed by atoms with Gasteiger partial charge >= 0.3 is 0 Å². The van der Waals surface area contributed by atoms with Crippen molar-refractivity contribution in [1.82, 2.24) is 10.2 Å². The first-order valence-electron chi connectivity index (χ1n) is 6.75. The van der Waals surface area contributed by atoms with Crippen LogP contribution < -0.4 is 5.32 Å². The maximum absolute atomic E-state index is 9.44. The zero-order chi connectivity index (χ0) is 13.0. The number of hydrogen-bond donors (Lipinski definition) is 2. The largest absolute Gasteiger partial charge is 0.395 e. The number of nitrogens with zero attached hydrogens (tertiary/aromatic N) is 1. The average Bonchev–Trinajstić information content (AvgIpc) is 2.40. The lowest BCUT2D eigenvalue weighted by Crippen LogP contribution is -2.42. The Kier molecular flexibility index (Phi) is 4.38. The van der Waals surface area contributed by atoms with Crippen molar-refractivity contribution in [3.8, 4) is 0 Å². The van der Waals surface area contributed by atoms with Crippen LogP contribution in [0.3, 0.4) is 0 Å². The summed E-state index contributed by atoms with van der Waals surface area (Å²) in [4.78, 5) is 2.47. The third-order valence-corrected chi connectivity index (χ3v) is 3.72. The van der Waals surface area contributed by atoms with Crippen molar-refractivity contribution in [3.05, 3.63) is 35.4 Å². The van der Waals surface area contributed by atoms with Gasteiger partial charge < -0.3 is 10.4 Å². The molecule has 0 bridgehead atoms. The fraction of sp³-hybridized carbons (Fsp3) is 0.600. The highest BCUT2D eigenvalue weighted by Gasteiger charge is 2.19. The summed E-state index contributed by atoms with van der Waals surface area (Å²) < 4.78 is 0. The standard InChI is InChI=1S/C15H24N2O/c1-15(2,12-18)14-5-3-4-13(10-14)11-17-8-6-16-7-9-17/h3-5,10,16,18H,6-9,11-12H2,1-2H3. The second-order valence-electron chi connectivity index (χ2n) is 5.77. The summed E-state index contributed by atoms with van der Waals surface area (Å²) in [6.45, 7) is 9.76. The third kappa shape index (κ3) is 3.31. The number of benzene rings is 1. The molecule has 18 heavy (non-hydrogen) atoms. The Hall–Kier alpha value is -0.900. The molecule has 1 aromatic rings. The van der Waals surface area contributed by atoms with Gasteiger partial charge in [0.25, 0.3) is 0 Å². The van der Waals surface area contributed by atoms with Crippen LogP contribution in [0.2, 0.25) is 0 Å². The lowest BCUT2D eigenvalue weighted by Gasteiger charge is -2.28. The first-order valence-corrected chi connectivity index (χ1v) is 6.75. The fourth-order valence-electron chi connectivity index (χ4n) is 2.31. The topological polar surface area (TPSA) is 35.5 Å². The molecule has 1 aromatic carbocycles. The lowest BCUT2D eigenvalue weighted by molar-refractivity contribution is 0.217. The summed E-state index contributed by atoms with van der Waals surface area (Å²) in [7, 11) is 0. The number of hydrogen-bond acceptors (Lipinski definition) is 3. The van der Waals surface area contributed by atoms with E-state index < -0.39 is 0 Å². The molecule has 0 spiro atoms. The van der Waals surface area contributed by atoms with Gasteiger partial charge in [-0.3, -0.25) is 4.90 Å². The van der Waals surface area contributed by atoms with Crippen LogP contribution in [0, 0.1) is 0 Å². The van der Waals surface area contributed by atoms with Crippen molar-refractivity contribution in [2.75, 3.05) is 32.8 Å². The highest BCUT2D eigenvalue weighted by molar-refractivity contribution is 5.29. The summed E-state index contributed by atoms with van der Waals surface area (Å²) in [5.74, 6) is 0. The van der Waals surface area contributed by atoms with Crippen LogP contribution in [0.15, 0.2) is 24.3 Å². The van der Waals surface area contributed by atoms with Gasteiger partial charge in [-0.05, 0) is 11.1 Å². The number of rotatable bonds is 4. The molecule has 1 heterocycles. The number of piperazine rings is 1. The molecule has 1 aliphatic rings. The van der Waals surface area contributed by atoms with E-state index in [-0.39, 0.29) is 12.0 Å². The van der Waals surface area contributed by atoms with Gasteiger partial charge in [0.2, 0.25) is 0 Å². The number of aliphatic hydroxyl groups excluding tert-OH is 1. The predicted octanol–water partition coefficient (Wildman–Crippen LogP) is 1.36. The zero-order valence-corrected chi connectivity index (χ0v) is 11.4. The molecule has 2 rings (SSSR count). The van der Waals surface area contributed by atoms with E-state index in [2.05, 4.69) is 48.3 Å². The maximum atomic E-state index is 9.44. The molecule has 100 valence electrons. The van der Waals surface area contributed by atoms with Gasteiger partial charge in [0.15, 0.2) is 0 Å². The molecular formula is C15H24N2O. The predicted molar refractivity (Wildman–Crippen MR) is 74.7 cm³/mol. The van der Waals surface area contributed by atoms with Crippen molar-refractivity contribution >= 4 is 0 Å². The monoisotopic (exact) mass is 248 g/mol. The summed E-state index contributed by atoms with van der Waals surface area (Å²) >= 11 is 0. The van der Waals surface area contributed by atoms with Gasteiger partial charge in [0.1, 0.15) is 0 Å². The van der Waals surface area contributed by atoms with Crippen LogP contribution in [0.5, 0.6) is 0 Å². The molecule has 0 radical (unpaired) electrons. The van der Waals surface area contributed by atoms with Crippen LogP contribution in [-0.4, -0.2) is 42.8 Å².